The summed E-state index contributed by atoms with van der Waals surface area (Å²) in [6.45, 7) is 3.06. The minimum Gasteiger partial charge on any atom is -0.493 e. The van der Waals surface area contributed by atoms with Gasteiger partial charge in [-0.1, -0.05) is 19.8 Å². The van der Waals surface area contributed by atoms with E-state index in [-0.39, 0.29) is 6.04 Å². The smallest absolute Gasteiger partial charge is 0.161 e. The molecule has 90 valence electrons. The second-order valence-electron chi connectivity index (χ2n) is 4.61. The van der Waals surface area contributed by atoms with Crippen molar-refractivity contribution in [1.29, 1.82) is 0 Å². The van der Waals surface area contributed by atoms with Gasteiger partial charge in [-0.05, 0) is 18.8 Å². The van der Waals surface area contributed by atoms with Gasteiger partial charge in [-0.3, -0.25) is 4.68 Å². The highest BCUT2D eigenvalue weighted by Gasteiger charge is 2.27. The third-order valence-corrected chi connectivity index (χ3v) is 3.14. The van der Waals surface area contributed by atoms with Crippen LogP contribution in [0.2, 0.25) is 0 Å². The van der Waals surface area contributed by atoms with Gasteiger partial charge in [-0.15, -0.1) is 0 Å². The van der Waals surface area contributed by atoms with Crippen LogP contribution in [0.4, 0.5) is 0 Å². The number of ether oxygens (including phenoxy) is 1. The molecule has 4 nitrogen and oxygen atoms in total. The molecule has 2 rings (SSSR count). The van der Waals surface area contributed by atoms with E-state index >= 15 is 0 Å². The first kappa shape index (κ1) is 11.5. The van der Waals surface area contributed by atoms with Crippen molar-refractivity contribution in [2.45, 2.75) is 45.2 Å². The van der Waals surface area contributed by atoms with E-state index in [0.29, 0.717) is 0 Å². The fourth-order valence-corrected chi connectivity index (χ4v) is 2.12. The highest BCUT2D eigenvalue weighted by atomic mass is 16.5. The number of rotatable bonds is 6. The van der Waals surface area contributed by atoms with Gasteiger partial charge < -0.3 is 10.5 Å². The third kappa shape index (κ3) is 2.38. The topological polar surface area (TPSA) is 53.1 Å². The quantitative estimate of drug-likeness (QED) is 0.803. The standard InChI is InChI=1S/C12H21N3O/c1-3-6-15-12(11(16-2)8-14-15)10(13)7-9-4-5-9/h8-10H,3-7,13H2,1-2H3. The molecule has 1 fully saturated rings. The first-order chi connectivity index (χ1) is 7.76. The van der Waals surface area contributed by atoms with Crippen LogP contribution in [0, 0.1) is 5.92 Å². The van der Waals surface area contributed by atoms with Crippen LogP contribution in [0.3, 0.4) is 0 Å². The molecule has 4 heteroatoms. The number of hydrogen-bond acceptors (Lipinski definition) is 3. The summed E-state index contributed by atoms with van der Waals surface area (Å²) in [7, 11) is 1.68. The van der Waals surface area contributed by atoms with Crippen molar-refractivity contribution in [3.8, 4) is 5.75 Å². The summed E-state index contributed by atoms with van der Waals surface area (Å²) in [5.74, 6) is 1.66. The van der Waals surface area contributed by atoms with Gasteiger partial charge in [0.1, 0.15) is 0 Å². The summed E-state index contributed by atoms with van der Waals surface area (Å²) in [5, 5.41) is 4.34. The molecule has 0 saturated heterocycles. The van der Waals surface area contributed by atoms with Crippen LogP contribution in [0.25, 0.3) is 0 Å². The number of aromatic nitrogens is 2. The predicted molar refractivity (Wildman–Crippen MR) is 63.3 cm³/mol. The maximum atomic E-state index is 6.25. The van der Waals surface area contributed by atoms with E-state index in [9.17, 15) is 0 Å². The minimum absolute atomic E-state index is 0.0662. The van der Waals surface area contributed by atoms with E-state index in [0.717, 1.165) is 36.7 Å². The third-order valence-electron chi connectivity index (χ3n) is 3.14. The Morgan fingerprint density at radius 3 is 2.94 bits per heavy atom. The lowest BCUT2D eigenvalue weighted by Crippen LogP contribution is -2.17. The van der Waals surface area contributed by atoms with Gasteiger partial charge in [0.05, 0.1) is 25.0 Å². The summed E-state index contributed by atoms with van der Waals surface area (Å²) >= 11 is 0. The number of nitrogens with two attached hydrogens (primary N) is 1. The number of nitrogens with zero attached hydrogens (tertiary/aromatic N) is 2. The summed E-state index contributed by atoms with van der Waals surface area (Å²) in [6, 6.07) is 0.0662. The highest BCUT2D eigenvalue weighted by molar-refractivity contribution is 5.28. The molecule has 1 heterocycles. The van der Waals surface area contributed by atoms with Gasteiger partial charge in [0.2, 0.25) is 0 Å². The van der Waals surface area contributed by atoms with Crippen LogP contribution in [0.1, 0.15) is 44.3 Å². The Morgan fingerprint density at radius 2 is 2.38 bits per heavy atom. The molecule has 0 amide bonds. The molecule has 0 bridgehead atoms. The molecule has 1 aromatic rings. The highest BCUT2D eigenvalue weighted by Crippen LogP contribution is 2.38. The molecule has 1 aliphatic carbocycles. The van der Waals surface area contributed by atoms with Gasteiger partial charge in [-0.2, -0.15) is 5.10 Å². The van der Waals surface area contributed by atoms with Crippen molar-refractivity contribution in [3.63, 3.8) is 0 Å². The number of hydrogen-bond donors (Lipinski definition) is 1. The Kier molecular flexibility index (Phi) is 3.49. The van der Waals surface area contributed by atoms with Gasteiger partial charge in [0, 0.05) is 6.54 Å². The first-order valence-corrected chi connectivity index (χ1v) is 6.11. The molecule has 1 aliphatic rings. The lowest BCUT2D eigenvalue weighted by atomic mass is 10.1. The Morgan fingerprint density at radius 1 is 1.62 bits per heavy atom. The fourth-order valence-electron chi connectivity index (χ4n) is 2.12. The minimum atomic E-state index is 0.0662. The van der Waals surface area contributed by atoms with Crippen LogP contribution >= 0.6 is 0 Å². The Hall–Kier alpha value is -1.03. The zero-order valence-corrected chi connectivity index (χ0v) is 10.1. The molecule has 2 N–H and O–H groups in total. The Labute approximate surface area is 96.8 Å². The van der Waals surface area contributed by atoms with E-state index in [1.54, 1.807) is 13.3 Å². The molecule has 16 heavy (non-hydrogen) atoms. The van der Waals surface area contributed by atoms with Crippen LogP contribution in [0.5, 0.6) is 5.75 Å². The van der Waals surface area contributed by atoms with Gasteiger partial charge >= 0.3 is 0 Å². The average molecular weight is 223 g/mol. The maximum Gasteiger partial charge on any atom is 0.161 e. The molecule has 0 aliphatic heterocycles. The average Bonchev–Trinajstić information content (AvgIpc) is 2.97. The summed E-state index contributed by atoms with van der Waals surface area (Å²) in [5.41, 5.74) is 7.31. The first-order valence-electron chi connectivity index (χ1n) is 6.11. The van der Waals surface area contributed by atoms with Gasteiger partial charge in [0.25, 0.3) is 0 Å². The Bertz CT molecular complexity index is 344. The van der Waals surface area contributed by atoms with Crippen LogP contribution in [-0.2, 0) is 6.54 Å². The molecule has 1 aromatic heterocycles. The molecule has 1 saturated carbocycles. The second-order valence-corrected chi connectivity index (χ2v) is 4.61. The molecular weight excluding hydrogens is 202 g/mol. The summed E-state index contributed by atoms with van der Waals surface area (Å²) in [4.78, 5) is 0. The molecular formula is C12H21N3O. The summed E-state index contributed by atoms with van der Waals surface area (Å²) in [6.07, 6.45) is 6.56. The lowest BCUT2D eigenvalue weighted by Gasteiger charge is -2.15. The molecule has 0 radical (unpaired) electrons. The zero-order valence-electron chi connectivity index (χ0n) is 10.1. The van der Waals surface area contributed by atoms with E-state index in [2.05, 4.69) is 12.0 Å². The van der Waals surface area contributed by atoms with Crippen LogP contribution in [-0.4, -0.2) is 16.9 Å². The normalized spacial score (nSPS) is 17.4. The molecule has 1 atom stereocenters. The summed E-state index contributed by atoms with van der Waals surface area (Å²) < 4.78 is 7.32. The lowest BCUT2D eigenvalue weighted by molar-refractivity contribution is 0.396. The number of methoxy groups -OCH3 is 1. The second kappa shape index (κ2) is 4.87. The van der Waals surface area contributed by atoms with E-state index in [1.165, 1.54) is 12.8 Å². The largest absolute Gasteiger partial charge is 0.493 e. The molecule has 0 aromatic carbocycles. The Balaban J connectivity index is 2.16. The van der Waals surface area contributed by atoms with Crippen molar-refractivity contribution in [1.82, 2.24) is 9.78 Å². The van der Waals surface area contributed by atoms with Crippen molar-refractivity contribution in [3.05, 3.63) is 11.9 Å². The van der Waals surface area contributed by atoms with Crippen molar-refractivity contribution < 1.29 is 4.74 Å². The predicted octanol–water partition coefficient (Wildman–Crippen LogP) is 2.10. The zero-order chi connectivity index (χ0) is 11.5. The number of aryl methyl sites for hydroxylation is 1. The van der Waals surface area contributed by atoms with E-state index < -0.39 is 0 Å². The molecule has 0 spiro atoms. The van der Waals surface area contributed by atoms with Crippen molar-refractivity contribution >= 4 is 0 Å². The van der Waals surface area contributed by atoms with Crippen molar-refractivity contribution in [2.75, 3.05) is 7.11 Å². The van der Waals surface area contributed by atoms with Crippen LogP contribution < -0.4 is 10.5 Å². The van der Waals surface area contributed by atoms with Crippen molar-refractivity contribution in [2.24, 2.45) is 11.7 Å². The van der Waals surface area contributed by atoms with Crippen LogP contribution in [0.15, 0.2) is 6.20 Å². The van der Waals surface area contributed by atoms with E-state index in [1.807, 2.05) is 4.68 Å². The van der Waals surface area contributed by atoms with Gasteiger partial charge in [0.15, 0.2) is 5.75 Å². The van der Waals surface area contributed by atoms with Gasteiger partial charge in [-0.25, -0.2) is 0 Å². The fraction of sp³-hybridized carbons (Fsp3) is 0.750. The van der Waals surface area contributed by atoms with E-state index in [4.69, 9.17) is 10.5 Å². The monoisotopic (exact) mass is 223 g/mol. The molecule has 1 unspecified atom stereocenters. The maximum absolute atomic E-state index is 6.25. The SMILES string of the molecule is CCCn1ncc(OC)c1C(N)CC1CC1.